The number of hydrazine groups is 1. The van der Waals surface area contributed by atoms with E-state index >= 15 is 0 Å². The number of benzene rings is 1. The lowest BCUT2D eigenvalue weighted by molar-refractivity contribution is 0.211. The van der Waals surface area contributed by atoms with Gasteiger partial charge in [0, 0.05) is 5.56 Å². The average molecular weight is 292 g/mol. The molecular formula is C18H29FN2. The number of aryl methyl sites for hydroxylation is 1. The molecule has 1 aromatic carbocycles. The van der Waals surface area contributed by atoms with Crippen molar-refractivity contribution in [3.05, 3.63) is 35.1 Å². The topological polar surface area (TPSA) is 38.0 Å². The molecule has 1 aromatic rings. The van der Waals surface area contributed by atoms with Gasteiger partial charge in [-0.2, -0.15) is 0 Å². The van der Waals surface area contributed by atoms with E-state index < -0.39 is 0 Å². The molecular weight excluding hydrogens is 263 g/mol. The van der Waals surface area contributed by atoms with Gasteiger partial charge >= 0.3 is 0 Å². The summed E-state index contributed by atoms with van der Waals surface area (Å²) in [5.41, 5.74) is 4.69. The summed E-state index contributed by atoms with van der Waals surface area (Å²) >= 11 is 0. The van der Waals surface area contributed by atoms with Crippen LogP contribution in [0.5, 0.6) is 0 Å². The number of rotatable bonds is 6. The van der Waals surface area contributed by atoms with Gasteiger partial charge in [0.2, 0.25) is 0 Å². The molecule has 0 aliphatic heterocycles. The molecule has 2 nitrogen and oxygen atoms in total. The highest BCUT2D eigenvalue weighted by Crippen LogP contribution is 2.39. The van der Waals surface area contributed by atoms with Crippen molar-refractivity contribution in [2.45, 2.75) is 64.8 Å². The van der Waals surface area contributed by atoms with E-state index in [-0.39, 0.29) is 11.9 Å². The molecule has 1 aliphatic rings. The van der Waals surface area contributed by atoms with Crippen LogP contribution in [0.25, 0.3) is 0 Å². The van der Waals surface area contributed by atoms with E-state index in [0.717, 1.165) is 29.9 Å². The van der Waals surface area contributed by atoms with Crippen LogP contribution < -0.4 is 11.3 Å². The average Bonchev–Trinajstić information content (AvgIpc) is 2.50. The Morgan fingerprint density at radius 3 is 2.62 bits per heavy atom. The third-order valence-corrected chi connectivity index (χ3v) is 4.99. The van der Waals surface area contributed by atoms with Crippen LogP contribution in [0.1, 0.15) is 69.0 Å². The van der Waals surface area contributed by atoms with Crippen molar-refractivity contribution >= 4 is 0 Å². The largest absolute Gasteiger partial charge is 0.271 e. The molecule has 0 heterocycles. The Hall–Kier alpha value is -0.930. The Morgan fingerprint density at radius 2 is 2.00 bits per heavy atom. The lowest BCUT2D eigenvalue weighted by atomic mass is 9.75. The van der Waals surface area contributed by atoms with Crippen LogP contribution in [0.15, 0.2) is 18.2 Å². The minimum atomic E-state index is -0.142. The molecule has 3 heteroatoms. The maximum atomic E-state index is 14.1. The Kier molecular flexibility index (Phi) is 6.19. The highest BCUT2D eigenvalue weighted by molar-refractivity contribution is 5.27. The number of nitrogens with one attached hydrogen (secondary N) is 1. The molecule has 0 spiro atoms. The molecule has 0 bridgehead atoms. The van der Waals surface area contributed by atoms with Crippen LogP contribution in [-0.2, 0) is 0 Å². The summed E-state index contributed by atoms with van der Waals surface area (Å²) in [6.07, 6.45) is 8.78. The van der Waals surface area contributed by atoms with Crippen molar-refractivity contribution in [2.75, 3.05) is 0 Å². The minimum Gasteiger partial charge on any atom is -0.271 e. The first-order chi connectivity index (χ1) is 10.2. The molecule has 2 rings (SSSR count). The fourth-order valence-corrected chi connectivity index (χ4v) is 3.68. The highest BCUT2D eigenvalue weighted by atomic mass is 19.1. The summed E-state index contributed by atoms with van der Waals surface area (Å²) in [5.74, 6) is 6.92. The zero-order chi connectivity index (χ0) is 15.2. The van der Waals surface area contributed by atoms with Gasteiger partial charge in [0.1, 0.15) is 5.82 Å². The predicted molar refractivity (Wildman–Crippen MR) is 86.2 cm³/mol. The van der Waals surface area contributed by atoms with E-state index in [0.29, 0.717) is 5.92 Å². The monoisotopic (exact) mass is 292 g/mol. The van der Waals surface area contributed by atoms with Crippen LogP contribution in [-0.4, -0.2) is 0 Å². The standard InChI is InChI=1S/C18H29FN2/c1-3-4-5-14-7-9-15(10-8-14)18(21-20)16-12-13(2)6-11-17(16)19/h6,11-12,14-15,18,21H,3-5,7-10,20H2,1-2H3. The maximum absolute atomic E-state index is 14.1. The molecule has 0 saturated heterocycles. The molecule has 1 saturated carbocycles. The van der Waals surface area contributed by atoms with E-state index in [4.69, 9.17) is 5.84 Å². The second kappa shape index (κ2) is 7.90. The van der Waals surface area contributed by atoms with Crippen LogP contribution in [0, 0.1) is 24.6 Å². The molecule has 1 atom stereocenters. The van der Waals surface area contributed by atoms with Gasteiger partial charge in [-0.25, -0.2) is 4.39 Å². The van der Waals surface area contributed by atoms with E-state index in [9.17, 15) is 4.39 Å². The molecule has 21 heavy (non-hydrogen) atoms. The summed E-state index contributed by atoms with van der Waals surface area (Å²) < 4.78 is 14.1. The van der Waals surface area contributed by atoms with Gasteiger partial charge in [-0.3, -0.25) is 11.3 Å². The van der Waals surface area contributed by atoms with Gasteiger partial charge in [0.25, 0.3) is 0 Å². The molecule has 1 fully saturated rings. The molecule has 3 N–H and O–H groups in total. The Morgan fingerprint density at radius 1 is 1.29 bits per heavy atom. The van der Waals surface area contributed by atoms with Crippen molar-refractivity contribution < 1.29 is 4.39 Å². The van der Waals surface area contributed by atoms with Crippen molar-refractivity contribution in [1.29, 1.82) is 0 Å². The summed E-state index contributed by atoms with van der Waals surface area (Å²) in [6.45, 7) is 4.25. The predicted octanol–water partition coefficient (Wildman–Crippen LogP) is 4.64. The molecule has 1 aliphatic carbocycles. The number of hydrogen-bond donors (Lipinski definition) is 2. The van der Waals surface area contributed by atoms with E-state index in [1.165, 1.54) is 32.1 Å². The summed E-state index contributed by atoms with van der Waals surface area (Å²) in [7, 11) is 0. The van der Waals surface area contributed by atoms with Crippen LogP contribution in [0.4, 0.5) is 4.39 Å². The first-order valence-electron chi connectivity index (χ1n) is 8.37. The van der Waals surface area contributed by atoms with Crippen molar-refractivity contribution in [3.8, 4) is 0 Å². The fraction of sp³-hybridized carbons (Fsp3) is 0.667. The van der Waals surface area contributed by atoms with Crippen LogP contribution >= 0.6 is 0 Å². The van der Waals surface area contributed by atoms with Gasteiger partial charge in [-0.05, 0) is 37.7 Å². The smallest absolute Gasteiger partial charge is 0.128 e. The SMILES string of the molecule is CCCCC1CCC(C(NN)c2cc(C)ccc2F)CC1. The molecule has 118 valence electrons. The number of nitrogens with two attached hydrogens (primary N) is 1. The van der Waals surface area contributed by atoms with Gasteiger partial charge < -0.3 is 0 Å². The first-order valence-corrected chi connectivity index (χ1v) is 8.37. The van der Waals surface area contributed by atoms with Crippen LogP contribution in [0.3, 0.4) is 0 Å². The lowest BCUT2D eigenvalue weighted by Crippen LogP contribution is -2.36. The molecule has 0 amide bonds. The van der Waals surface area contributed by atoms with Gasteiger partial charge in [-0.1, -0.05) is 56.7 Å². The Labute approximate surface area is 128 Å². The van der Waals surface area contributed by atoms with Gasteiger partial charge in [0.05, 0.1) is 6.04 Å². The molecule has 1 unspecified atom stereocenters. The zero-order valence-corrected chi connectivity index (χ0v) is 13.4. The van der Waals surface area contributed by atoms with Crippen molar-refractivity contribution in [1.82, 2.24) is 5.43 Å². The lowest BCUT2D eigenvalue weighted by Gasteiger charge is -2.34. The van der Waals surface area contributed by atoms with Crippen molar-refractivity contribution in [3.63, 3.8) is 0 Å². The number of halogens is 1. The summed E-state index contributed by atoms with van der Waals surface area (Å²) in [5, 5.41) is 0. The van der Waals surface area contributed by atoms with Gasteiger partial charge in [0.15, 0.2) is 0 Å². The molecule has 0 aromatic heterocycles. The van der Waals surface area contributed by atoms with E-state index in [1.54, 1.807) is 6.07 Å². The third-order valence-electron chi connectivity index (χ3n) is 4.99. The van der Waals surface area contributed by atoms with E-state index in [1.807, 2.05) is 19.1 Å². The second-order valence-electron chi connectivity index (χ2n) is 6.59. The van der Waals surface area contributed by atoms with Crippen LogP contribution in [0.2, 0.25) is 0 Å². The minimum absolute atomic E-state index is 0.0583. The zero-order valence-electron chi connectivity index (χ0n) is 13.4. The summed E-state index contributed by atoms with van der Waals surface area (Å²) in [6, 6.07) is 5.25. The summed E-state index contributed by atoms with van der Waals surface area (Å²) in [4.78, 5) is 0. The van der Waals surface area contributed by atoms with Crippen molar-refractivity contribution in [2.24, 2.45) is 17.7 Å². The Balaban J connectivity index is 2.01. The third kappa shape index (κ3) is 4.27. The van der Waals surface area contributed by atoms with E-state index in [2.05, 4.69) is 12.3 Å². The fourth-order valence-electron chi connectivity index (χ4n) is 3.68. The number of hydrogen-bond acceptors (Lipinski definition) is 2. The van der Waals surface area contributed by atoms with Gasteiger partial charge in [-0.15, -0.1) is 0 Å². The quantitative estimate of drug-likeness (QED) is 0.592. The first kappa shape index (κ1) is 16.4. The number of unbranched alkanes of at least 4 members (excludes halogenated alkanes) is 1. The molecule has 0 radical (unpaired) electrons. The second-order valence-corrected chi connectivity index (χ2v) is 6.59. The Bertz CT molecular complexity index is 439. The highest BCUT2D eigenvalue weighted by Gasteiger charge is 2.29. The normalized spacial score (nSPS) is 24.0. The maximum Gasteiger partial charge on any atom is 0.128 e.